The van der Waals surface area contributed by atoms with Crippen molar-refractivity contribution in [2.75, 3.05) is 0 Å². The molecule has 4 rings (SSSR count). The molecule has 212 valence electrons. The number of rotatable bonds is 9. The zero-order valence-electron chi connectivity index (χ0n) is 22.7. The number of nitrogens with one attached hydrogen (secondary N) is 2. The Morgan fingerprint density at radius 2 is 1.76 bits per heavy atom. The Morgan fingerprint density at radius 3 is 2.34 bits per heavy atom. The summed E-state index contributed by atoms with van der Waals surface area (Å²) in [4.78, 5) is 51.1. The van der Waals surface area contributed by atoms with Crippen molar-refractivity contribution in [1.82, 2.24) is 15.6 Å². The van der Waals surface area contributed by atoms with Crippen LogP contribution in [-0.4, -0.2) is 39.8 Å². The van der Waals surface area contributed by atoms with Crippen LogP contribution in [0.15, 0.2) is 72.0 Å². The van der Waals surface area contributed by atoms with Gasteiger partial charge in [-0.15, -0.1) is 0 Å². The van der Waals surface area contributed by atoms with E-state index in [1.54, 1.807) is 54.6 Å². The van der Waals surface area contributed by atoms with E-state index in [9.17, 15) is 24.3 Å². The van der Waals surface area contributed by atoms with Crippen LogP contribution >= 0.6 is 0 Å². The zero-order chi connectivity index (χ0) is 29.5. The highest BCUT2D eigenvalue weighted by Gasteiger charge is 2.44. The van der Waals surface area contributed by atoms with E-state index in [-0.39, 0.29) is 23.7 Å². The second-order valence-corrected chi connectivity index (χ2v) is 10.4. The molecule has 0 radical (unpaired) electrons. The van der Waals surface area contributed by atoms with Gasteiger partial charge in [-0.1, -0.05) is 55.3 Å². The SMILES string of the molecule is C[C@@H]1C(=O)N(N)C(=O)C1=C(O)[C@@H](NC(=O)C[C@H](NC(=O)/C=C/c1ccc(C#N)cc1)c1ccccc1)C1CCCC1. The Bertz CT molecular complexity index is 1400. The van der Waals surface area contributed by atoms with Gasteiger partial charge >= 0.3 is 0 Å². The average Bonchev–Trinajstić information content (AvgIpc) is 3.58. The monoisotopic (exact) mass is 555 g/mol. The standard InChI is InChI=1S/C31H33N5O5/c1-19-27(31(41)36(33)30(19)40)29(39)28(23-9-5-6-10-23)35-26(38)17-24(22-7-3-2-4-8-22)34-25(37)16-15-20-11-13-21(18-32)14-12-20/h2-4,7-8,11-16,19,23-24,28,39H,5-6,9-10,17,33H2,1H3,(H,34,37)(H,35,38)/b16-15+,29-27?/t19-,24-,28-/m0/s1. The molecule has 10 nitrogen and oxygen atoms in total. The summed E-state index contributed by atoms with van der Waals surface area (Å²) in [5, 5.41) is 26.4. The summed E-state index contributed by atoms with van der Waals surface area (Å²) in [7, 11) is 0. The summed E-state index contributed by atoms with van der Waals surface area (Å²) in [6, 6.07) is 16.3. The molecule has 1 aliphatic heterocycles. The number of benzene rings is 2. The normalized spacial score (nSPS) is 20.1. The Labute approximate surface area is 238 Å². The molecule has 2 aliphatic rings. The average molecular weight is 556 g/mol. The molecule has 2 fully saturated rings. The van der Waals surface area contributed by atoms with E-state index in [1.165, 1.54) is 13.0 Å². The third-order valence-electron chi connectivity index (χ3n) is 7.62. The fraction of sp³-hybridized carbons (Fsp3) is 0.323. The third kappa shape index (κ3) is 6.88. The van der Waals surface area contributed by atoms with Crippen molar-refractivity contribution in [3.63, 3.8) is 0 Å². The molecule has 1 aliphatic carbocycles. The van der Waals surface area contributed by atoms with Crippen LogP contribution in [0.1, 0.15) is 61.8 Å². The minimum atomic E-state index is -0.924. The smallest absolute Gasteiger partial charge is 0.275 e. The maximum Gasteiger partial charge on any atom is 0.275 e. The van der Waals surface area contributed by atoms with E-state index in [4.69, 9.17) is 11.1 Å². The molecule has 0 bridgehead atoms. The minimum absolute atomic E-state index is 0.101. The summed E-state index contributed by atoms with van der Waals surface area (Å²) < 4.78 is 0. The number of nitrogens with zero attached hydrogens (tertiary/aromatic N) is 2. The Balaban J connectivity index is 1.52. The Hall–Kier alpha value is -4.75. The van der Waals surface area contributed by atoms with Gasteiger partial charge in [-0.25, -0.2) is 10.9 Å². The van der Waals surface area contributed by atoms with E-state index in [2.05, 4.69) is 10.6 Å². The molecule has 10 heteroatoms. The first-order chi connectivity index (χ1) is 19.7. The lowest BCUT2D eigenvalue weighted by atomic mass is 9.90. The van der Waals surface area contributed by atoms with Crippen molar-refractivity contribution < 1.29 is 24.3 Å². The summed E-state index contributed by atoms with van der Waals surface area (Å²) in [6.07, 6.45) is 6.15. The molecule has 1 heterocycles. The maximum absolute atomic E-state index is 13.4. The minimum Gasteiger partial charge on any atom is -0.510 e. The van der Waals surface area contributed by atoms with Crippen LogP contribution in [0.2, 0.25) is 0 Å². The van der Waals surface area contributed by atoms with Crippen molar-refractivity contribution in [3.8, 4) is 6.07 Å². The van der Waals surface area contributed by atoms with Gasteiger partial charge < -0.3 is 15.7 Å². The molecule has 4 amide bonds. The number of nitriles is 1. The fourth-order valence-corrected chi connectivity index (χ4v) is 5.36. The molecule has 2 aromatic rings. The summed E-state index contributed by atoms with van der Waals surface area (Å²) in [5.74, 6) is 1.96. The quantitative estimate of drug-likeness (QED) is 0.121. The number of carbonyl (C=O) groups excluding carboxylic acids is 4. The molecular formula is C31H33N5O5. The second kappa shape index (κ2) is 13.1. The summed E-state index contributed by atoms with van der Waals surface area (Å²) >= 11 is 0. The number of carbonyl (C=O) groups is 4. The summed E-state index contributed by atoms with van der Waals surface area (Å²) in [6.45, 7) is 1.50. The summed E-state index contributed by atoms with van der Waals surface area (Å²) in [5.41, 5.74) is 1.86. The predicted molar refractivity (Wildman–Crippen MR) is 151 cm³/mol. The van der Waals surface area contributed by atoms with Crippen molar-refractivity contribution in [2.45, 2.75) is 51.1 Å². The first-order valence-electron chi connectivity index (χ1n) is 13.6. The molecule has 5 N–H and O–H groups in total. The largest absolute Gasteiger partial charge is 0.510 e. The highest BCUT2D eigenvalue weighted by Crippen LogP contribution is 2.34. The predicted octanol–water partition coefficient (Wildman–Crippen LogP) is 3.18. The fourth-order valence-electron chi connectivity index (χ4n) is 5.36. The van der Waals surface area contributed by atoms with Crippen LogP contribution in [0.5, 0.6) is 0 Å². The molecule has 0 spiro atoms. The van der Waals surface area contributed by atoms with Crippen molar-refractivity contribution in [3.05, 3.63) is 88.7 Å². The van der Waals surface area contributed by atoms with Crippen molar-refractivity contribution in [1.29, 1.82) is 5.26 Å². The Kier molecular flexibility index (Phi) is 9.32. The molecule has 2 aromatic carbocycles. The van der Waals surface area contributed by atoms with Gasteiger partial charge in [0.15, 0.2) is 0 Å². The zero-order valence-corrected chi connectivity index (χ0v) is 22.7. The first-order valence-corrected chi connectivity index (χ1v) is 13.6. The third-order valence-corrected chi connectivity index (χ3v) is 7.62. The van der Waals surface area contributed by atoms with Crippen molar-refractivity contribution >= 4 is 29.7 Å². The first kappa shape index (κ1) is 29.2. The number of hydrazine groups is 1. The lowest BCUT2D eigenvalue weighted by Crippen LogP contribution is -2.44. The number of aliphatic hydroxyl groups is 1. The number of aliphatic hydroxyl groups excluding tert-OH is 1. The van der Waals surface area contributed by atoms with Crippen molar-refractivity contribution in [2.24, 2.45) is 17.7 Å². The van der Waals surface area contributed by atoms with Gasteiger partial charge in [0.05, 0.1) is 41.6 Å². The van der Waals surface area contributed by atoms with Gasteiger partial charge in [-0.05, 0) is 55.0 Å². The van der Waals surface area contributed by atoms with Gasteiger partial charge in [-0.2, -0.15) is 5.26 Å². The van der Waals surface area contributed by atoms with Crippen LogP contribution in [0.25, 0.3) is 6.08 Å². The number of hydrogen-bond acceptors (Lipinski definition) is 7. The topological polar surface area (TPSA) is 166 Å². The van der Waals surface area contributed by atoms with E-state index >= 15 is 0 Å². The van der Waals surface area contributed by atoms with Gasteiger partial charge in [0.1, 0.15) is 5.76 Å². The molecule has 0 unspecified atom stereocenters. The highest BCUT2D eigenvalue weighted by molar-refractivity contribution is 6.14. The van der Waals surface area contributed by atoms with Crippen LogP contribution in [0.3, 0.4) is 0 Å². The maximum atomic E-state index is 13.4. The van der Waals surface area contributed by atoms with Gasteiger partial charge in [0.2, 0.25) is 11.8 Å². The highest BCUT2D eigenvalue weighted by atomic mass is 16.3. The van der Waals surface area contributed by atoms with Crippen LogP contribution in [0.4, 0.5) is 0 Å². The number of hydrogen-bond donors (Lipinski definition) is 4. The van der Waals surface area contributed by atoms with E-state index in [1.807, 2.05) is 12.1 Å². The van der Waals surface area contributed by atoms with Gasteiger partial charge in [-0.3, -0.25) is 19.2 Å². The number of imide groups is 1. The molecule has 41 heavy (non-hydrogen) atoms. The molecule has 3 atom stereocenters. The molecule has 0 aromatic heterocycles. The van der Waals surface area contributed by atoms with Crippen LogP contribution in [0, 0.1) is 23.2 Å². The number of amides is 4. The Morgan fingerprint density at radius 1 is 1.10 bits per heavy atom. The number of nitrogens with two attached hydrogens (primary N) is 1. The lowest BCUT2D eigenvalue weighted by Gasteiger charge is -2.27. The lowest BCUT2D eigenvalue weighted by molar-refractivity contribution is -0.139. The van der Waals surface area contributed by atoms with E-state index in [0.717, 1.165) is 31.2 Å². The molecular weight excluding hydrogens is 522 g/mol. The van der Waals surface area contributed by atoms with E-state index in [0.29, 0.717) is 16.1 Å². The molecule has 1 saturated heterocycles. The van der Waals surface area contributed by atoms with Crippen LogP contribution < -0.4 is 16.5 Å². The molecule has 1 saturated carbocycles. The van der Waals surface area contributed by atoms with Gasteiger partial charge in [0, 0.05) is 6.08 Å². The van der Waals surface area contributed by atoms with Crippen LogP contribution in [-0.2, 0) is 19.2 Å². The van der Waals surface area contributed by atoms with Gasteiger partial charge in [0.25, 0.3) is 11.8 Å². The van der Waals surface area contributed by atoms with E-state index < -0.39 is 41.6 Å². The second-order valence-electron chi connectivity index (χ2n) is 10.4.